The maximum atomic E-state index is 9.92. The lowest BCUT2D eigenvalue weighted by atomic mass is 9.69. The zero-order valence-corrected chi connectivity index (χ0v) is 14.6. The van der Waals surface area contributed by atoms with Crippen LogP contribution in [0.3, 0.4) is 0 Å². The third-order valence-corrected chi connectivity index (χ3v) is 4.26. The van der Waals surface area contributed by atoms with Gasteiger partial charge in [-0.1, -0.05) is 19.9 Å². The Morgan fingerprint density at radius 3 is 2.27 bits per heavy atom. The van der Waals surface area contributed by atoms with Crippen molar-refractivity contribution in [2.24, 2.45) is 5.92 Å². The first-order valence-corrected chi connectivity index (χ1v) is 7.69. The lowest BCUT2D eigenvalue weighted by molar-refractivity contribution is 0.318. The average molecular weight is 304 g/mol. The van der Waals surface area contributed by atoms with Gasteiger partial charge in [0, 0.05) is 0 Å². The van der Waals surface area contributed by atoms with Gasteiger partial charge in [0.25, 0.3) is 0 Å². The van der Waals surface area contributed by atoms with Gasteiger partial charge in [-0.15, -0.1) is 0 Å². The van der Waals surface area contributed by atoms with Gasteiger partial charge in [-0.05, 0) is 57.1 Å². The highest BCUT2D eigenvalue weighted by molar-refractivity contribution is 5.47. The summed E-state index contributed by atoms with van der Waals surface area (Å²) in [6.45, 7) is 5.19. The van der Waals surface area contributed by atoms with Crippen LogP contribution in [0.4, 0.5) is 0 Å². The van der Waals surface area contributed by atoms with Gasteiger partial charge in [0.15, 0.2) is 11.5 Å². The molecule has 0 radical (unpaired) electrons. The Hall–Kier alpha value is -1.73. The minimum Gasteiger partial charge on any atom is -0.493 e. The van der Waals surface area contributed by atoms with Crippen LogP contribution in [-0.2, 0) is 5.41 Å². The molecule has 0 unspecified atom stereocenters. The molecule has 0 bridgehead atoms. The van der Waals surface area contributed by atoms with Crippen LogP contribution >= 0.6 is 0 Å². The second-order valence-electron chi connectivity index (χ2n) is 6.21. The predicted molar refractivity (Wildman–Crippen MR) is 89.5 cm³/mol. The zero-order valence-electron chi connectivity index (χ0n) is 14.6. The number of nitrogens with zero attached hydrogens (tertiary/aromatic N) is 2. The smallest absolute Gasteiger partial charge is 0.161 e. The normalized spacial score (nSPS) is 13.8. The fraction of sp³-hybridized carbons (Fsp3) is 0.611. The molecule has 1 atom stereocenters. The molecule has 122 valence electrons. The van der Waals surface area contributed by atoms with Crippen molar-refractivity contribution in [1.82, 2.24) is 4.90 Å². The first kappa shape index (κ1) is 18.3. The zero-order chi connectivity index (χ0) is 16.8. The number of benzene rings is 1. The lowest BCUT2D eigenvalue weighted by Crippen LogP contribution is -2.32. The highest BCUT2D eigenvalue weighted by Crippen LogP contribution is 2.40. The second-order valence-corrected chi connectivity index (χ2v) is 6.21. The van der Waals surface area contributed by atoms with Crippen molar-refractivity contribution in [2.45, 2.75) is 32.1 Å². The van der Waals surface area contributed by atoms with Crippen molar-refractivity contribution < 1.29 is 9.47 Å². The summed E-state index contributed by atoms with van der Waals surface area (Å²) < 4.78 is 10.7. The van der Waals surface area contributed by atoms with E-state index in [2.05, 4.69) is 38.9 Å². The van der Waals surface area contributed by atoms with E-state index in [4.69, 9.17) is 9.47 Å². The summed E-state index contributed by atoms with van der Waals surface area (Å²) in [6, 6.07) is 8.39. The molecular formula is C18H28N2O2. The summed E-state index contributed by atoms with van der Waals surface area (Å²) >= 11 is 0. The summed E-state index contributed by atoms with van der Waals surface area (Å²) in [6.07, 6.45) is 1.81. The van der Waals surface area contributed by atoms with Gasteiger partial charge >= 0.3 is 0 Å². The summed E-state index contributed by atoms with van der Waals surface area (Å²) in [4.78, 5) is 2.15. The van der Waals surface area contributed by atoms with Crippen molar-refractivity contribution in [3.05, 3.63) is 23.8 Å². The summed E-state index contributed by atoms with van der Waals surface area (Å²) in [7, 11) is 7.35. The van der Waals surface area contributed by atoms with Gasteiger partial charge in [0.2, 0.25) is 0 Å². The molecule has 0 aliphatic rings. The Kier molecular flexibility index (Phi) is 6.70. The van der Waals surface area contributed by atoms with E-state index in [0.717, 1.165) is 24.9 Å². The molecule has 0 fully saturated rings. The minimum absolute atomic E-state index is 0.220. The molecule has 1 rings (SSSR count). The summed E-state index contributed by atoms with van der Waals surface area (Å²) in [5.74, 6) is 1.58. The number of nitriles is 1. The van der Waals surface area contributed by atoms with E-state index in [1.165, 1.54) is 0 Å². The van der Waals surface area contributed by atoms with E-state index in [9.17, 15) is 5.26 Å². The molecule has 0 aliphatic carbocycles. The molecule has 22 heavy (non-hydrogen) atoms. The van der Waals surface area contributed by atoms with E-state index in [0.29, 0.717) is 11.5 Å². The van der Waals surface area contributed by atoms with Crippen molar-refractivity contribution in [2.75, 3.05) is 34.9 Å². The van der Waals surface area contributed by atoms with E-state index in [1.807, 2.05) is 18.2 Å². The Morgan fingerprint density at radius 2 is 1.82 bits per heavy atom. The molecule has 4 nitrogen and oxygen atoms in total. The number of rotatable bonds is 8. The van der Waals surface area contributed by atoms with E-state index in [1.54, 1.807) is 14.2 Å². The maximum Gasteiger partial charge on any atom is 0.161 e. The van der Waals surface area contributed by atoms with Gasteiger partial charge in [0.05, 0.1) is 25.7 Å². The monoisotopic (exact) mass is 304 g/mol. The maximum absolute atomic E-state index is 9.92. The summed E-state index contributed by atoms with van der Waals surface area (Å²) in [5, 5.41) is 9.92. The topological polar surface area (TPSA) is 45.5 Å². The molecule has 0 aromatic heterocycles. The highest BCUT2D eigenvalue weighted by Gasteiger charge is 2.36. The molecule has 1 aromatic carbocycles. The van der Waals surface area contributed by atoms with Gasteiger partial charge in [-0.3, -0.25) is 0 Å². The van der Waals surface area contributed by atoms with Gasteiger partial charge < -0.3 is 14.4 Å². The fourth-order valence-corrected chi connectivity index (χ4v) is 2.80. The van der Waals surface area contributed by atoms with Crippen LogP contribution in [0.2, 0.25) is 0 Å². The minimum atomic E-state index is -0.504. The number of ether oxygens (including phenoxy) is 2. The molecule has 1 aromatic rings. The SMILES string of the molecule is COc1ccc([C@@](C#N)(CCCN(C)C)C(C)C)cc1OC. The lowest BCUT2D eigenvalue weighted by Gasteiger charge is -2.32. The summed E-state index contributed by atoms with van der Waals surface area (Å²) in [5.41, 5.74) is 0.497. The molecule has 0 N–H and O–H groups in total. The van der Waals surface area contributed by atoms with Crippen molar-refractivity contribution >= 4 is 0 Å². The van der Waals surface area contributed by atoms with Crippen LogP contribution in [0.25, 0.3) is 0 Å². The fourth-order valence-electron chi connectivity index (χ4n) is 2.80. The van der Waals surface area contributed by atoms with Gasteiger partial charge in [0.1, 0.15) is 0 Å². The molecule has 4 heteroatoms. The standard InChI is InChI=1S/C18H28N2O2/c1-14(2)18(13-19,10-7-11-20(3)4)15-8-9-16(21-5)17(12-15)22-6/h8-9,12,14H,7,10-11H2,1-6H3/t18-/m1/s1. The van der Waals surface area contributed by atoms with Crippen LogP contribution in [0.1, 0.15) is 32.3 Å². The Bertz CT molecular complexity index is 520. The van der Waals surface area contributed by atoms with Crippen LogP contribution in [0, 0.1) is 17.2 Å². The predicted octanol–water partition coefficient (Wildman–Crippen LogP) is 3.46. The third kappa shape index (κ3) is 3.92. The van der Waals surface area contributed by atoms with Crippen LogP contribution < -0.4 is 9.47 Å². The number of hydrogen-bond donors (Lipinski definition) is 0. The first-order valence-electron chi connectivity index (χ1n) is 7.69. The molecule has 0 aliphatic heterocycles. The second kappa shape index (κ2) is 8.05. The van der Waals surface area contributed by atoms with Crippen molar-refractivity contribution in [1.29, 1.82) is 5.26 Å². The molecule has 0 heterocycles. The molecule has 0 saturated heterocycles. The third-order valence-electron chi connectivity index (χ3n) is 4.26. The molecule has 0 saturated carbocycles. The Labute approximate surface area is 134 Å². The largest absolute Gasteiger partial charge is 0.493 e. The Balaban J connectivity index is 3.19. The van der Waals surface area contributed by atoms with Gasteiger partial charge in [-0.2, -0.15) is 5.26 Å². The average Bonchev–Trinajstić information content (AvgIpc) is 2.50. The molecular weight excluding hydrogens is 276 g/mol. The van der Waals surface area contributed by atoms with Crippen LogP contribution in [0.5, 0.6) is 11.5 Å². The van der Waals surface area contributed by atoms with Crippen molar-refractivity contribution in [3.63, 3.8) is 0 Å². The molecule has 0 amide bonds. The van der Waals surface area contributed by atoms with Crippen molar-refractivity contribution in [3.8, 4) is 17.6 Å². The van der Waals surface area contributed by atoms with E-state index >= 15 is 0 Å². The number of methoxy groups -OCH3 is 2. The van der Waals surface area contributed by atoms with Gasteiger partial charge in [-0.25, -0.2) is 0 Å². The Morgan fingerprint density at radius 1 is 1.18 bits per heavy atom. The number of hydrogen-bond acceptors (Lipinski definition) is 4. The van der Waals surface area contributed by atoms with Crippen LogP contribution in [-0.4, -0.2) is 39.8 Å². The highest BCUT2D eigenvalue weighted by atomic mass is 16.5. The van der Waals surface area contributed by atoms with Crippen LogP contribution in [0.15, 0.2) is 18.2 Å². The first-order chi connectivity index (χ1) is 10.4. The quantitative estimate of drug-likeness (QED) is 0.738. The molecule has 0 spiro atoms. The van der Waals surface area contributed by atoms with E-state index < -0.39 is 5.41 Å². The van der Waals surface area contributed by atoms with E-state index in [-0.39, 0.29) is 5.92 Å².